The van der Waals surface area contributed by atoms with Gasteiger partial charge in [0.25, 0.3) is 0 Å². The predicted molar refractivity (Wildman–Crippen MR) is 90.4 cm³/mol. The molecule has 8 heteroatoms. The van der Waals surface area contributed by atoms with Crippen LogP contribution in [0, 0.1) is 5.41 Å². The highest BCUT2D eigenvalue weighted by Crippen LogP contribution is 2.24. The van der Waals surface area contributed by atoms with E-state index in [1.54, 1.807) is 15.8 Å². The summed E-state index contributed by atoms with van der Waals surface area (Å²) in [5, 5.41) is 4.14. The van der Waals surface area contributed by atoms with Crippen LogP contribution in [0.4, 0.5) is 0 Å². The Bertz CT molecular complexity index is 487. The molecule has 2 N–H and O–H groups in total. The highest BCUT2D eigenvalue weighted by Gasteiger charge is 2.34. The van der Waals surface area contributed by atoms with Gasteiger partial charge in [-0.05, 0) is 5.41 Å². The SMILES string of the molecule is Cl.Cl.Cn1cc(C2CN(C(=O)[C@@H](N)C(C)(C)C)CCO2)cn1. The lowest BCUT2D eigenvalue weighted by Gasteiger charge is -2.37. The normalized spacial score (nSPS) is 19.9. The summed E-state index contributed by atoms with van der Waals surface area (Å²) < 4.78 is 7.47. The Morgan fingerprint density at radius 3 is 2.59 bits per heavy atom. The smallest absolute Gasteiger partial charge is 0.240 e. The number of morpholine rings is 1. The molecule has 1 unspecified atom stereocenters. The van der Waals surface area contributed by atoms with E-state index in [4.69, 9.17) is 10.5 Å². The number of halogens is 2. The molecule has 6 nitrogen and oxygen atoms in total. The number of hydrogen-bond acceptors (Lipinski definition) is 4. The Morgan fingerprint density at radius 1 is 1.45 bits per heavy atom. The minimum atomic E-state index is -0.491. The topological polar surface area (TPSA) is 73.4 Å². The van der Waals surface area contributed by atoms with Crippen LogP contribution in [0.15, 0.2) is 12.4 Å². The van der Waals surface area contributed by atoms with Crippen LogP contribution in [0.25, 0.3) is 0 Å². The monoisotopic (exact) mass is 352 g/mol. The van der Waals surface area contributed by atoms with Crippen molar-refractivity contribution >= 4 is 30.7 Å². The predicted octanol–water partition coefficient (Wildman–Crippen LogP) is 1.54. The lowest BCUT2D eigenvalue weighted by molar-refractivity contribution is -0.142. The molecule has 1 aliphatic heterocycles. The van der Waals surface area contributed by atoms with Crippen molar-refractivity contribution in [1.29, 1.82) is 0 Å². The third-order valence-electron chi connectivity index (χ3n) is 3.67. The molecule has 0 bridgehead atoms. The van der Waals surface area contributed by atoms with E-state index in [2.05, 4.69) is 5.10 Å². The van der Waals surface area contributed by atoms with E-state index in [-0.39, 0.29) is 42.2 Å². The van der Waals surface area contributed by atoms with Crippen LogP contribution in [0.2, 0.25) is 0 Å². The zero-order valence-electron chi connectivity index (χ0n) is 13.5. The minimum Gasteiger partial charge on any atom is -0.370 e. The number of nitrogens with two attached hydrogens (primary N) is 1. The molecule has 2 heterocycles. The zero-order valence-corrected chi connectivity index (χ0v) is 15.1. The van der Waals surface area contributed by atoms with Gasteiger partial charge in [-0.3, -0.25) is 9.48 Å². The third kappa shape index (κ3) is 4.84. The number of aromatic nitrogens is 2. The van der Waals surface area contributed by atoms with Crippen molar-refractivity contribution in [3.8, 4) is 0 Å². The molecule has 1 saturated heterocycles. The molecular weight excluding hydrogens is 327 g/mol. The van der Waals surface area contributed by atoms with Gasteiger partial charge in [-0.15, -0.1) is 24.8 Å². The first-order valence-electron chi connectivity index (χ1n) is 6.93. The maximum Gasteiger partial charge on any atom is 0.240 e. The van der Waals surface area contributed by atoms with Crippen LogP contribution in [0.1, 0.15) is 32.4 Å². The average Bonchev–Trinajstić information content (AvgIpc) is 2.83. The molecule has 1 aromatic rings. The first-order chi connectivity index (χ1) is 9.29. The van der Waals surface area contributed by atoms with Crippen molar-refractivity contribution < 1.29 is 9.53 Å². The van der Waals surface area contributed by atoms with E-state index in [0.29, 0.717) is 19.7 Å². The summed E-state index contributed by atoms with van der Waals surface area (Å²) in [5.41, 5.74) is 6.82. The number of nitrogens with zero attached hydrogens (tertiary/aromatic N) is 3. The molecule has 22 heavy (non-hydrogen) atoms. The number of amides is 1. The third-order valence-corrected chi connectivity index (χ3v) is 3.67. The number of carbonyl (C=O) groups excluding carboxylic acids is 1. The van der Waals surface area contributed by atoms with Gasteiger partial charge >= 0.3 is 0 Å². The molecule has 0 saturated carbocycles. The molecule has 1 aliphatic rings. The number of carbonyl (C=O) groups is 1. The second kappa shape index (κ2) is 8.15. The summed E-state index contributed by atoms with van der Waals surface area (Å²) in [4.78, 5) is 14.3. The van der Waals surface area contributed by atoms with Gasteiger partial charge in [0.15, 0.2) is 0 Å². The fraction of sp³-hybridized carbons (Fsp3) is 0.714. The molecule has 2 rings (SSSR count). The van der Waals surface area contributed by atoms with Crippen LogP contribution in [0.3, 0.4) is 0 Å². The van der Waals surface area contributed by atoms with Crippen LogP contribution in [-0.2, 0) is 16.6 Å². The van der Waals surface area contributed by atoms with Crippen molar-refractivity contribution in [3.05, 3.63) is 18.0 Å². The van der Waals surface area contributed by atoms with E-state index in [0.717, 1.165) is 5.56 Å². The van der Waals surface area contributed by atoms with Gasteiger partial charge in [0.1, 0.15) is 6.10 Å². The molecule has 1 aromatic heterocycles. The zero-order chi connectivity index (χ0) is 14.9. The van der Waals surface area contributed by atoms with E-state index in [9.17, 15) is 4.79 Å². The second-order valence-electron chi connectivity index (χ2n) is 6.43. The van der Waals surface area contributed by atoms with Crippen LogP contribution >= 0.6 is 24.8 Å². The summed E-state index contributed by atoms with van der Waals surface area (Å²) >= 11 is 0. The largest absolute Gasteiger partial charge is 0.370 e. The molecule has 128 valence electrons. The standard InChI is InChI=1S/C14H24N4O2.2ClH/c1-14(2,3)12(15)13(19)18-5-6-20-11(9-18)10-7-16-17(4)8-10;;/h7-8,11-12H,5-6,9,15H2,1-4H3;2*1H/t11?,12-;;/m1../s1. The minimum absolute atomic E-state index is 0. The van der Waals surface area contributed by atoms with Crippen molar-refractivity contribution in [2.24, 2.45) is 18.2 Å². The summed E-state index contributed by atoms with van der Waals surface area (Å²) in [6.45, 7) is 7.60. The Labute approximate surface area is 144 Å². The number of hydrogen-bond donors (Lipinski definition) is 1. The maximum atomic E-state index is 12.5. The van der Waals surface area contributed by atoms with Crippen molar-refractivity contribution in [1.82, 2.24) is 14.7 Å². The Kier molecular flexibility index (Phi) is 7.85. The van der Waals surface area contributed by atoms with Gasteiger partial charge in [0, 0.05) is 25.4 Å². The fourth-order valence-corrected chi connectivity index (χ4v) is 2.22. The first kappa shape index (κ1) is 21.2. The van der Waals surface area contributed by atoms with Gasteiger partial charge in [-0.2, -0.15) is 5.10 Å². The first-order valence-corrected chi connectivity index (χ1v) is 6.93. The molecule has 0 spiro atoms. The molecule has 1 fully saturated rings. The van der Waals surface area contributed by atoms with Gasteiger partial charge in [-0.1, -0.05) is 20.8 Å². The molecular formula is C14H26Cl2N4O2. The van der Waals surface area contributed by atoms with Crippen LogP contribution < -0.4 is 5.73 Å². The van der Waals surface area contributed by atoms with E-state index < -0.39 is 6.04 Å². The quantitative estimate of drug-likeness (QED) is 0.875. The van der Waals surface area contributed by atoms with Gasteiger partial charge in [0.2, 0.25) is 5.91 Å². The average molecular weight is 353 g/mol. The van der Waals surface area contributed by atoms with Crippen molar-refractivity contribution in [3.63, 3.8) is 0 Å². The lowest BCUT2D eigenvalue weighted by Crippen LogP contribution is -2.53. The number of aryl methyl sites for hydroxylation is 1. The van der Waals surface area contributed by atoms with E-state index in [1.807, 2.05) is 34.0 Å². The Hall–Kier alpha value is -0.820. The summed E-state index contributed by atoms with van der Waals surface area (Å²) in [6, 6.07) is -0.491. The van der Waals surface area contributed by atoms with Crippen molar-refractivity contribution in [2.45, 2.75) is 32.9 Å². The lowest BCUT2D eigenvalue weighted by atomic mass is 9.86. The summed E-state index contributed by atoms with van der Waals surface area (Å²) in [6.07, 6.45) is 3.58. The number of rotatable bonds is 2. The van der Waals surface area contributed by atoms with Crippen LogP contribution in [0.5, 0.6) is 0 Å². The molecule has 0 aromatic carbocycles. The van der Waals surface area contributed by atoms with Crippen LogP contribution in [-0.4, -0.2) is 46.3 Å². The van der Waals surface area contributed by atoms with Gasteiger partial charge in [-0.25, -0.2) is 0 Å². The maximum absolute atomic E-state index is 12.5. The van der Waals surface area contributed by atoms with Gasteiger partial charge < -0.3 is 15.4 Å². The highest BCUT2D eigenvalue weighted by atomic mass is 35.5. The summed E-state index contributed by atoms with van der Waals surface area (Å²) in [7, 11) is 1.87. The highest BCUT2D eigenvalue weighted by molar-refractivity contribution is 5.85. The Morgan fingerprint density at radius 2 is 2.09 bits per heavy atom. The van der Waals surface area contributed by atoms with Crippen molar-refractivity contribution in [2.75, 3.05) is 19.7 Å². The summed E-state index contributed by atoms with van der Waals surface area (Å²) in [5.74, 6) is -0.00492. The Balaban J connectivity index is 0.00000220. The van der Waals surface area contributed by atoms with Gasteiger partial charge in [0.05, 0.1) is 25.4 Å². The molecule has 2 atom stereocenters. The second-order valence-corrected chi connectivity index (χ2v) is 6.43. The molecule has 1 amide bonds. The fourth-order valence-electron chi connectivity index (χ4n) is 2.22. The molecule has 0 radical (unpaired) electrons. The van der Waals surface area contributed by atoms with E-state index in [1.165, 1.54) is 0 Å². The van der Waals surface area contributed by atoms with E-state index >= 15 is 0 Å². The molecule has 0 aliphatic carbocycles. The number of ether oxygens (including phenoxy) is 1.